The van der Waals surface area contributed by atoms with E-state index in [1.54, 1.807) is 13.1 Å². The van der Waals surface area contributed by atoms with Gasteiger partial charge in [0.05, 0.1) is 18.1 Å². The summed E-state index contributed by atoms with van der Waals surface area (Å²) in [7, 11) is 0. The number of hydrogen-bond acceptors (Lipinski definition) is 5. The number of aliphatic carboxylic acids is 1. The Bertz CT molecular complexity index is 475. The van der Waals surface area contributed by atoms with Gasteiger partial charge < -0.3 is 20.4 Å². The summed E-state index contributed by atoms with van der Waals surface area (Å²) in [4.78, 5) is 25.3. The van der Waals surface area contributed by atoms with Crippen molar-refractivity contribution in [2.75, 3.05) is 12.3 Å². The third-order valence-corrected chi connectivity index (χ3v) is 4.67. The lowest BCUT2D eigenvalue weighted by Gasteiger charge is -2.44. The fourth-order valence-electron chi connectivity index (χ4n) is 2.69. The lowest BCUT2D eigenvalue weighted by atomic mass is 9.83. The van der Waals surface area contributed by atoms with Gasteiger partial charge in [-0.3, -0.25) is 4.79 Å². The predicted molar refractivity (Wildman–Crippen MR) is 75.7 cm³/mol. The van der Waals surface area contributed by atoms with Crippen LogP contribution in [0.15, 0.2) is 23.4 Å². The summed E-state index contributed by atoms with van der Waals surface area (Å²) in [5.74, 6) is -1.15. The van der Waals surface area contributed by atoms with E-state index in [0.29, 0.717) is 23.6 Å². The third-order valence-electron chi connectivity index (χ3n) is 3.56. The average Bonchev–Trinajstić information content (AvgIpc) is 2.69. The molecule has 0 aromatic carbocycles. The summed E-state index contributed by atoms with van der Waals surface area (Å²) < 4.78 is 0. The van der Waals surface area contributed by atoms with Gasteiger partial charge in [0, 0.05) is 23.6 Å². The summed E-state index contributed by atoms with van der Waals surface area (Å²) >= 11 is 1.44. The van der Waals surface area contributed by atoms with Gasteiger partial charge >= 0.3 is 5.97 Å². The molecule has 0 radical (unpaired) electrons. The van der Waals surface area contributed by atoms with Crippen molar-refractivity contribution in [2.45, 2.75) is 25.5 Å². The number of amides is 1. The number of aliphatic hydroxyl groups is 1. The summed E-state index contributed by atoms with van der Waals surface area (Å²) in [6.07, 6.45) is 1.36. The summed E-state index contributed by atoms with van der Waals surface area (Å²) in [5.41, 5.74) is 0.0838. The van der Waals surface area contributed by atoms with Crippen LogP contribution < -0.4 is 5.32 Å². The molecule has 2 aliphatic heterocycles. The first-order valence-corrected chi connectivity index (χ1v) is 7.42. The molecule has 3 N–H and O–H groups in total. The Morgan fingerprint density at radius 2 is 2.40 bits per heavy atom. The van der Waals surface area contributed by atoms with Gasteiger partial charge in [0.15, 0.2) is 0 Å². The zero-order valence-corrected chi connectivity index (χ0v) is 12.0. The van der Waals surface area contributed by atoms with Crippen molar-refractivity contribution < 1.29 is 19.8 Å². The van der Waals surface area contributed by atoms with E-state index in [1.165, 1.54) is 16.7 Å². The maximum absolute atomic E-state index is 12.0. The Labute approximate surface area is 121 Å². The Morgan fingerprint density at radius 3 is 2.95 bits per heavy atom. The third kappa shape index (κ3) is 2.43. The first-order chi connectivity index (χ1) is 9.49. The zero-order chi connectivity index (χ0) is 14.9. The zero-order valence-electron chi connectivity index (χ0n) is 11.2. The fourth-order valence-corrected chi connectivity index (χ4v) is 3.77. The molecule has 0 spiro atoms. The molecule has 0 aromatic heterocycles. The van der Waals surface area contributed by atoms with E-state index >= 15 is 0 Å². The number of carboxylic acids is 1. The minimum Gasteiger partial charge on any atom is -0.477 e. The molecule has 0 bridgehead atoms. The molecule has 20 heavy (non-hydrogen) atoms. The number of fused-ring (bicyclic) bond motifs is 1. The molecular formula is C13H18N2O4S. The highest BCUT2D eigenvalue weighted by Crippen LogP contribution is 2.46. The Balaban J connectivity index is 2.09. The van der Waals surface area contributed by atoms with Gasteiger partial charge in [-0.25, -0.2) is 4.79 Å². The van der Waals surface area contributed by atoms with Crippen molar-refractivity contribution in [2.24, 2.45) is 5.92 Å². The van der Waals surface area contributed by atoms with Crippen LogP contribution >= 0.6 is 11.8 Å². The van der Waals surface area contributed by atoms with Gasteiger partial charge in [0.1, 0.15) is 5.70 Å². The van der Waals surface area contributed by atoms with Crippen LogP contribution in [0.4, 0.5) is 0 Å². The van der Waals surface area contributed by atoms with Gasteiger partial charge in [-0.15, -0.1) is 11.8 Å². The lowest BCUT2D eigenvalue weighted by Crippen LogP contribution is -2.61. The molecule has 2 unspecified atom stereocenters. The number of hydrogen-bond donors (Lipinski definition) is 3. The normalized spacial score (nSPS) is 26.1. The maximum Gasteiger partial charge on any atom is 0.353 e. The van der Waals surface area contributed by atoms with Gasteiger partial charge in [-0.05, 0) is 13.1 Å². The first-order valence-electron chi connectivity index (χ1n) is 6.43. The topological polar surface area (TPSA) is 89.9 Å². The van der Waals surface area contributed by atoms with E-state index in [4.69, 9.17) is 0 Å². The van der Waals surface area contributed by atoms with Crippen LogP contribution in [0.25, 0.3) is 0 Å². The van der Waals surface area contributed by atoms with Crippen LogP contribution in [0.1, 0.15) is 13.3 Å². The van der Waals surface area contributed by atoms with Crippen molar-refractivity contribution in [1.29, 1.82) is 0 Å². The number of β-lactam (4-membered cyclic amide) rings is 1. The maximum atomic E-state index is 12.0. The van der Waals surface area contributed by atoms with Crippen LogP contribution in [0.3, 0.4) is 0 Å². The Hall–Kier alpha value is -1.47. The molecule has 0 aromatic rings. The number of carbonyl (C=O) groups excluding carboxylic acids is 1. The Morgan fingerprint density at radius 1 is 1.70 bits per heavy atom. The predicted octanol–water partition coefficient (Wildman–Crippen LogP) is 0.360. The summed E-state index contributed by atoms with van der Waals surface area (Å²) in [6, 6.07) is -0.205. The first kappa shape index (κ1) is 14.9. The van der Waals surface area contributed by atoms with Gasteiger partial charge in [-0.1, -0.05) is 6.58 Å². The molecule has 2 aliphatic rings. The van der Waals surface area contributed by atoms with Crippen LogP contribution in [0.2, 0.25) is 0 Å². The molecule has 7 heteroatoms. The number of carbonyl (C=O) groups is 2. The minimum atomic E-state index is -1.08. The fraction of sp³-hybridized carbons (Fsp3) is 0.538. The number of nitrogens with one attached hydrogen (secondary N) is 1. The monoisotopic (exact) mass is 298 g/mol. The second-order valence-electron chi connectivity index (χ2n) is 4.83. The summed E-state index contributed by atoms with van der Waals surface area (Å²) in [6.45, 7) is 5.79. The quantitative estimate of drug-likeness (QED) is 0.464. The molecule has 1 fully saturated rings. The highest BCUT2D eigenvalue weighted by molar-refractivity contribution is 8.03. The molecule has 1 amide bonds. The van der Waals surface area contributed by atoms with Crippen molar-refractivity contribution in [3.63, 3.8) is 0 Å². The standard InChI is InChI=1S/C13H18N2O4S/c1-3-14-4-5-20-9-6-8-10(7(2)16)12(17)15(8)11(9)13(18)19/h3,7-8,10,14,16H,1,4-6H2,2H3,(H,18,19)/t7-,8?,10?/m1/s1. The Kier molecular flexibility index (Phi) is 4.39. The number of nitrogens with zero attached hydrogens (tertiary/aromatic N) is 1. The number of aliphatic hydroxyl groups excluding tert-OH is 1. The van der Waals surface area contributed by atoms with Crippen LogP contribution in [-0.2, 0) is 9.59 Å². The average molecular weight is 298 g/mol. The van der Waals surface area contributed by atoms with Crippen LogP contribution in [0.5, 0.6) is 0 Å². The second-order valence-corrected chi connectivity index (χ2v) is 6.02. The minimum absolute atomic E-state index is 0.0838. The molecule has 2 heterocycles. The lowest BCUT2D eigenvalue weighted by molar-refractivity contribution is -0.161. The van der Waals surface area contributed by atoms with Crippen LogP contribution in [-0.4, -0.2) is 51.4 Å². The smallest absolute Gasteiger partial charge is 0.353 e. The number of carboxylic acid groups (broad SMARTS) is 1. The van der Waals surface area contributed by atoms with E-state index in [2.05, 4.69) is 11.9 Å². The van der Waals surface area contributed by atoms with Gasteiger partial charge in [-0.2, -0.15) is 0 Å². The summed E-state index contributed by atoms with van der Waals surface area (Å²) in [5, 5.41) is 21.8. The molecular weight excluding hydrogens is 280 g/mol. The van der Waals surface area contributed by atoms with E-state index in [0.717, 1.165) is 0 Å². The van der Waals surface area contributed by atoms with Gasteiger partial charge in [0.25, 0.3) is 0 Å². The van der Waals surface area contributed by atoms with E-state index in [9.17, 15) is 19.8 Å². The number of thioether (sulfide) groups is 1. The molecule has 1 saturated heterocycles. The van der Waals surface area contributed by atoms with Gasteiger partial charge in [0.2, 0.25) is 5.91 Å². The highest BCUT2D eigenvalue weighted by atomic mass is 32.2. The molecule has 6 nitrogen and oxygen atoms in total. The van der Waals surface area contributed by atoms with E-state index < -0.39 is 18.0 Å². The SMILES string of the molecule is C=CNCCSC1=C(C(=O)O)N2C(=O)C([C@@H](C)O)C2C1. The van der Waals surface area contributed by atoms with Crippen molar-refractivity contribution in [3.8, 4) is 0 Å². The van der Waals surface area contributed by atoms with E-state index in [-0.39, 0.29) is 17.6 Å². The number of rotatable bonds is 7. The van der Waals surface area contributed by atoms with Crippen molar-refractivity contribution in [3.05, 3.63) is 23.4 Å². The van der Waals surface area contributed by atoms with Crippen molar-refractivity contribution in [1.82, 2.24) is 10.2 Å². The van der Waals surface area contributed by atoms with Crippen LogP contribution in [0, 0.1) is 5.92 Å². The van der Waals surface area contributed by atoms with Crippen molar-refractivity contribution >= 4 is 23.6 Å². The molecule has 0 aliphatic carbocycles. The largest absolute Gasteiger partial charge is 0.477 e. The molecule has 2 rings (SSSR count). The molecule has 110 valence electrons. The molecule has 3 atom stereocenters. The highest BCUT2D eigenvalue weighted by Gasteiger charge is 2.56. The van der Waals surface area contributed by atoms with E-state index in [1.807, 2.05) is 0 Å². The molecule has 0 saturated carbocycles. The second kappa shape index (κ2) is 5.88.